The molecule has 1 rings (SSSR count). The highest BCUT2D eigenvalue weighted by molar-refractivity contribution is 5.85. The topological polar surface area (TPSA) is 66.6 Å². The summed E-state index contributed by atoms with van der Waals surface area (Å²) in [6.07, 6.45) is 1.90. The van der Waals surface area contributed by atoms with Crippen molar-refractivity contribution in [2.75, 3.05) is 13.1 Å². The van der Waals surface area contributed by atoms with Gasteiger partial charge in [-0.3, -0.25) is 4.79 Å². The van der Waals surface area contributed by atoms with Gasteiger partial charge in [-0.1, -0.05) is 13.3 Å². The van der Waals surface area contributed by atoms with Crippen LogP contribution < -0.4 is 5.73 Å². The first kappa shape index (κ1) is 11.5. The van der Waals surface area contributed by atoms with Gasteiger partial charge < -0.3 is 15.7 Å². The summed E-state index contributed by atoms with van der Waals surface area (Å²) in [4.78, 5) is 13.6. The second-order valence-electron chi connectivity index (χ2n) is 4.36. The quantitative estimate of drug-likeness (QED) is 0.679. The number of carbonyl (C=O) groups is 1. The van der Waals surface area contributed by atoms with E-state index in [9.17, 15) is 9.90 Å². The van der Waals surface area contributed by atoms with Crippen LogP contribution in [0.25, 0.3) is 0 Å². The SMILES string of the molecule is CCCC(C)(N)C(=O)N1CC[C@@H](O)C1. The molecule has 1 aliphatic heterocycles. The number of hydrogen-bond donors (Lipinski definition) is 2. The van der Waals surface area contributed by atoms with Crippen LogP contribution in [0.3, 0.4) is 0 Å². The molecular weight excluding hydrogens is 180 g/mol. The Morgan fingerprint density at radius 2 is 2.36 bits per heavy atom. The van der Waals surface area contributed by atoms with E-state index in [1.165, 1.54) is 0 Å². The van der Waals surface area contributed by atoms with E-state index in [1.807, 2.05) is 6.92 Å². The first-order valence-electron chi connectivity index (χ1n) is 5.23. The van der Waals surface area contributed by atoms with Crippen molar-refractivity contribution in [3.63, 3.8) is 0 Å². The van der Waals surface area contributed by atoms with E-state index >= 15 is 0 Å². The summed E-state index contributed by atoms with van der Waals surface area (Å²) < 4.78 is 0. The minimum absolute atomic E-state index is 0.0316. The Labute approximate surface area is 85.1 Å². The second kappa shape index (κ2) is 4.28. The number of nitrogens with zero attached hydrogens (tertiary/aromatic N) is 1. The van der Waals surface area contributed by atoms with Gasteiger partial charge in [0.15, 0.2) is 0 Å². The number of aliphatic hydroxyl groups excluding tert-OH is 1. The van der Waals surface area contributed by atoms with Crippen LogP contribution in [0.1, 0.15) is 33.1 Å². The lowest BCUT2D eigenvalue weighted by Crippen LogP contribution is -2.52. The van der Waals surface area contributed by atoms with Crippen LogP contribution in [-0.4, -0.2) is 40.6 Å². The van der Waals surface area contributed by atoms with Gasteiger partial charge in [0.1, 0.15) is 0 Å². The molecule has 4 heteroatoms. The molecule has 1 unspecified atom stereocenters. The molecule has 0 spiro atoms. The van der Waals surface area contributed by atoms with Crippen molar-refractivity contribution in [2.45, 2.75) is 44.8 Å². The van der Waals surface area contributed by atoms with Gasteiger partial charge in [-0.2, -0.15) is 0 Å². The molecule has 0 aromatic carbocycles. The van der Waals surface area contributed by atoms with E-state index in [0.717, 1.165) is 6.42 Å². The summed E-state index contributed by atoms with van der Waals surface area (Å²) in [6.45, 7) is 4.85. The lowest BCUT2D eigenvalue weighted by atomic mass is 9.96. The lowest BCUT2D eigenvalue weighted by molar-refractivity contribution is -0.135. The number of nitrogens with two attached hydrogens (primary N) is 1. The highest BCUT2D eigenvalue weighted by atomic mass is 16.3. The molecule has 0 radical (unpaired) electrons. The van der Waals surface area contributed by atoms with Crippen molar-refractivity contribution in [2.24, 2.45) is 5.73 Å². The van der Waals surface area contributed by atoms with Gasteiger partial charge in [0.2, 0.25) is 5.91 Å². The Balaban J connectivity index is 2.56. The Morgan fingerprint density at radius 3 is 2.79 bits per heavy atom. The zero-order chi connectivity index (χ0) is 10.8. The van der Waals surface area contributed by atoms with Crippen LogP contribution in [0, 0.1) is 0 Å². The Hall–Kier alpha value is -0.610. The van der Waals surface area contributed by atoms with Gasteiger partial charge >= 0.3 is 0 Å². The fourth-order valence-corrected chi connectivity index (χ4v) is 1.91. The number of β-amino-alcohol motifs (C(OH)–C–C–N with tert-alkyl or cyclic N) is 1. The highest BCUT2D eigenvalue weighted by Crippen LogP contribution is 2.17. The Kier molecular flexibility index (Phi) is 3.50. The fourth-order valence-electron chi connectivity index (χ4n) is 1.91. The van der Waals surface area contributed by atoms with Crippen LogP contribution in [0.2, 0.25) is 0 Å². The average molecular weight is 200 g/mol. The molecule has 3 N–H and O–H groups in total. The molecule has 14 heavy (non-hydrogen) atoms. The summed E-state index contributed by atoms with van der Waals surface area (Å²) in [6, 6.07) is 0. The third kappa shape index (κ3) is 2.45. The van der Waals surface area contributed by atoms with E-state index in [0.29, 0.717) is 25.9 Å². The van der Waals surface area contributed by atoms with Gasteiger partial charge in [-0.25, -0.2) is 0 Å². The summed E-state index contributed by atoms with van der Waals surface area (Å²) >= 11 is 0. The fraction of sp³-hybridized carbons (Fsp3) is 0.900. The zero-order valence-corrected chi connectivity index (χ0v) is 8.99. The van der Waals surface area contributed by atoms with Crippen LogP contribution >= 0.6 is 0 Å². The molecular formula is C10H20N2O2. The van der Waals surface area contributed by atoms with Crippen molar-refractivity contribution in [1.82, 2.24) is 4.90 Å². The molecule has 0 bridgehead atoms. The number of hydrogen-bond acceptors (Lipinski definition) is 3. The third-order valence-electron chi connectivity index (χ3n) is 2.71. The molecule has 1 aliphatic rings. The average Bonchev–Trinajstić information content (AvgIpc) is 2.50. The molecule has 0 saturated carbocycles. The van der Waals surface area contributed by atoms with Crippen LogP contribution in [0.4, 0.5) is 0 Å². The maximum absolute atomic E-state index is 11.9. The molecule has 0 aromatic rings. The molecule has 0 aliphatic carbocycles. The minimum atomic E-state index is -0.765. The van der Waals surface area contributed by atoms with Crippen molar-refractivity contribution >= 4 is 5.91 Å². The molecule has 1 amide bonds. The Morgan fingerprint density at radius 1 is 1.71 bits per heavy atom. The molecule has 82 valence electrons. The standard InChI is InChI=1S/C10H20N2O2/c1-3-5-10(2,11)9(14)12-6-4-8(13)7-12/h8,13H,3-7,11H2,1-2H3/t8-,10?/m1/s1. The lowest BCUT2D eigenvalue weighted by Gasteiger charge is -2.28. The van der Waals surface area contributed by atoms with E-state index in [1.54, 1.807) is 11.8 Å². The Bertz CT molecular complexity index is 216. The highest BCUT2D eigenvalue weighted by Gasteiger charge is 2.35. The monoisotopic (exact) mass is 200 g/mol. The maximum atomic E-state index is 11.9. The van der Waals surface area contributed by atoms with Crippen molar-refractivity contribution in [3.8, 4) is 0 Å². The van der Waals surface area contributed by atoms with E-state index in [2.05, 4.69) is 0 Å². The largest absolute Gasteiger partial charge is 0.391 e. The summed E-state index contributed by atoms with van der Waals surface area (Å²) in [5, 5.41) is 9.31. The summed E-state index contributed by atoms with van der Waals surface area (Å²) in [5.41, 5.74) is 5.16. The predicted octanol–water partition coefficient (Wildman–Crippen LogP) is 0.0971. The van der Waals surface area contributed by atoms with Crippen molar-refractivity contribution < 1.29 is 9.90 Å². The van der Waals surface area contributed by atoms with Crippen LogP contribution in [0.15, 0.2) is 0 Å². The number of amides is 1. The molecule has 0 aromatic heterocycles. The molecule has 2 atom stereocenters. The van der Waals surface area contributed by atoms with Crippen molar-refractivity contribution in [1.29, 1.82) is 0 Å². The van der Waals surface area contributed by atoms with Gasteiger partial charge in [0.05, 0.1) is 11.6 Å². The first-order valence-corrected chi connectivity index (χ1v) is 5.23. The smallest absolute Gasteiger partial charge is 0.242 e. The number of rotatable bonds is 3. The summed E-state index contributed by atoms with van der Waals surface area (Å²) in [5.74, 6) is -0.0316. The number of aliphatic hydroxyl groups is 1. The van der Waals surface area contributed by atoms with Gasteiger partial charge in [0.25, 0.3) is 0 Å². The number of likely N-dealkylation sites (tertiary alicyclic amines) is 1. The molecule has 1 heterocycles. The predicted molar refractivity (Wildman–Crippen MR) is 54.7 cm³/mol. The third-order valence-corrected chi connectivity index (χ3v) is 2.71. The molecule has 1 saturated heterocycles. The minimum Gasteiger partial charge on any atom is -0.391 e. The van der Waals surface area contributed by atoms with Crippen molar-refractivity contribution in [3.05, 3.63) is 0 Å². The number of carbonyl (C=O) groups excluding carboxylic acids is 1. The van der Waals surface area contributed by atoms with Gasteiger partial charge in [-0.05, 0) is 19.8 Å². The van der Waals surface area contributed by atoms with Gasteiger partial charge in [0, 0.05) is 13.1 Å². The van der Waals surface area contributed by atoms with Gasteiger partial charge in [-0.15, -0.1) is 0 Å². The van der Waals surface area contributed by atoms with E-state index < -0.39 is 5.54 Å². The molecule has 4 nitrogen and oxygen atoms in total. The first-order chi connectivity index (χ1) is 6.47. The van der Waals surface area contributed by atoms with E-state index in [-0.39, 0.29) is 12.0 Å². The normalized spacial score (nSPS) is 26.3. The molecule has 1 fully saturated rings. The summed E-state index contributed by atoms with van der Waals surface area (Å²) in [7, 11) is 0. The second-order valence-corrected chi connectivity index (χ2v) is 4.36. The van der Waals surface area contributed by atoms with E-state index in [4.69, 9.17) is 5.73 Å². The zero-order valence-electron chi connectivity index (χ0n) is 8.99. The van der Waals surface area contributed by atoms with Crippen LogP contribution in [-0.2, 0) is 4.79 Å². The van der Waals surface area contributed by atoms with Crippen LogP contribution in [0.5, 0.6) is 0 Å². The maximum Gasteiger partial charge on any atom is 0.242 e.